The molecule has 0 spiro atoms. The lowest BCUT2D eigenvalue weighted by Gasteiger charge is -2.14. The minimum absolute atomic E-state index is 0.195. The Morgan fingerprint density at radius 3 is 2.69 bits per heavy atom. The van der Waals surface area contributed by atoms with Crippen molar-refractivity contribution in [1.82, 2.24) is 0 Å². The molecule has 32 heavy (non-hydrogen) atoms. The van der Waals surface area contributed by atoms with Crippen molar-refractivity contribution in [2.75, 3.05) is 7.11 Å². The van der Waals surface area contributed by atoms with E-state index in [-0.39, 0.29) is 24.0 Å². The first kappa shape index (κ1) is 22.0. The largest absolute Gasteiger partial charge is 0.493 e. The summed E-state index contributed by atoms with van der Waals surface area (Å²) in [5, 5.41) is 0. The van der Waals surface area contributed by atoms with Crippen LogP contribution in [0.1, 0.15) is 22.3 Å². The lowest BCUT2D eigenvalue weighted by atomic mass is 10.1. The topological polar surface area (TPSA) is 57.1 Å². The van der Waals surface area contributed by atoms with Gasteiger partial charge in [0.05, 0.1) is 10.7 Å². The second kappa shape index (κ2) is 9.52. The van der Waals surface area contributed by atoms with Crippen molar-refractivity contribution in [3.05, 3.63) is 98.0 Å². The van der Waals surface area contributed by atoms with Crippen LogP contribution in [0.4, 0.5) is 4.39 Å². The van der Waals surface area contributed by atoms with Crippen molar-refractivity contribution in [2.45, 2.75) is 13.5 Å². The smallest absolute Gasteiger partial charge is 0.363 e. The SMILES string of the molecule is COc1cc(/C=C2\N=C(c3cccc(C)c3)OC2=O)cc(I)c1OCc1cccc(F)c1. The number of hydrogen-bond acceptors (Lipinski definition) is 5. The average molecular weight is 543 g/mol. The lowest BCUT2D eigenvalue weighted by molar-refractivity contribution is -0.129. The highest BCUT2D eigenvalue weighted by Gasteiger charge is 2.24. The number of carbonyl (C=O) groups excluding carboxylic acids is 1. The van der Waals surface area contributed by atoms with Crippen molar-refractivity contribution >= 4 is 40.5 Å². The van der Waals surface area contributed by atoms with Crippen LogP contribution in [0.5, 0.6) is 11.5 Å². The molecule has 0 radical (unpaired) electrons. The molecule has 1 aliphatic heterocycles. The van der Waals surface area contributed by atoms with E-state index in [0.717, 1.165) is 14.7 Å². The summed E-state index contributed by atoms with van der Waals surface area (Å²) in [6.07, 6.45) is 1.65. The van der Waals surface area contributed by atoms with Crippen molar-refractivity contribution in [3.8, 4) is 11.5 Å². The molecule has 3 aromatic carbocycles. The Morgan fingerprint density at radius 1 is 1.12 bits per heavy atom. The van der Waals surface area contributed by atoms with Crippen molar-refractivity contribution in [1.29, 1.82) is 0 Å². The van der Waals surface area contributed by atoms with Crippen molar-refractivity contribution in [2.24, 2.45) is 4.99 Å². The monoisotopic (exact) mass is 543 g/mol. The first-order valence-electron chi connectivity index (χ1n) is 9.77. The normalized spacial score (nSPS) is 14.3. The summed E-state index contributed by atoms with van der Waals surface area (Å²) < 4.78 is 30.9. The molecule has 0 atom stereocenters. The summed E-state index contributed by atoms with van der Waals surface area (Å²) in [7, 11) is 1.54. The summed E-state index contributed by atoms with van der Waals surface area (Å²) in [5.41, 5.74) is 3.42. The second-order valence-electron chi connectivity index (χ2n) is 7.16. The van der Waals surface area contributed by atoms with Gasteiger partial charge >= 0.3 is 5.97 Å². The molecule has 0 unspecified atom stereocenters. The zero-order valence-corrected chi connectivity index (χ0v) is 19.6. The summed E-state index contributed by atoms with van der Waals surface area (Å²) in [6.45, 7) is 2.16. The molecule has 7 heteroatoms. The van der Waals surface area contributed by atoms with E-state index in [1.54, 1.807) is 24.3 Å². The summed E-state index contributed by atoms with van der Waals surface area (Å²) in [6, 6.07) is 17.4. The fourth-order valence-electron chi connectivity index (χ4n) is 3.21. The molecule has 0 bridgehead atoms. The average Bonchev–Trinajstić information content (AvgIpc) is 3.13. The van der Waals surface area contributed by atoms with Crippen LogP contribution in [0.3, 0.4) is 0 Å². The molecule has 0 amide bonds. The molecule has 0 fully saturated rings. The number of nitrogens with zero attached hydrogens (tertiary/aromatic N) is 1. The van der Waals surface area contributed by atoms with Crippen LogP contribution < -0.4 is 9.47 Å². The van der Waals surface area contributed by atoms with Gasteiger partial charge in [-0.1, -0.05) is 29.8 Å². The molecule has 0 saturated carbocycles. The molecule has 1 aliphatic rings. The fraction of sp³-hybridized carbons (Fsp3) is 0.120. The van der Waals surface area contributed by atoms with Gasteiger partial charge in [-0.15, -0.1) is 0 Å². The number of cyclic esters (lactones) is 1. The van der Waals surface area contributed by atoms with Crippen LogP contribution in [0.25, 0.3) is 6.08 Å². The number of esters is 1. The summed E-state index contributed by atoms with van der Waals surface area (Å²) >= 11 is 2.13. The number of halogens is 2. The van der Waals surface area contributed by atoms with E-state index in [2.05, 4.69) is 27.6 Å². The van der Waals surface area contributed by atoms with E-state index >= 15 is 0 Å². The van der Waals surface area contributed by atoms with Crippen LogP contribution >= 0.6 is 22.6 Å². The molecular formula is C25H19FINO4. The number of hydrogen-bond donors (Lipinski definition) is 0. The number of aryl methyl sites for hydroxylation is 1. The molecule has 0 aliphatic carbocycles. The molecule has 3 aromatic rings. The Labute approximate surface area is 198 Å². The highest BCUT2D eigenvalue weighted by atomic mass is 127. The predicted octanol–water partition coefficient (Wildman–Crippen LogP) is 5.67. The Morgan fingerprint density at radius 2 is 1.94 bits per heavy atom. The minimum Gasteiger partial charge on any atom is -0.493 e. The predicted molar refractivity (Wildman–Crippen MR) is 128 cm³/mol. The van der Waals surface area contributed by atoms with Gasteiger partial charge in [-0.3, -0.25) is 0 Å². The molecule has 4 rings (SSSR count). The Kier molecular flexibility index (Phi) is 6.55. The zero-order valence-electron chi connectivity index (χ0n) is 17.4. The van der Waals surface area contributed by atoms with Gasteiger partial charge in [0, 0.05) is 5.56 Å². The van der Waals surface area contributed by atoms with E-state index in [4.69, 9.17) is 14.2 Å². The van der Waals surface area contributed by atoms with Gasteiger partial charge in [-0.25, -0.2) is 14.2 Å². The van der Waals surface area contributed by atoms with Gasteiger partial charge in [-0.05, 0) is 83.1 Å². The third-order valence-electron chi connectivity index (χ3n) is 4.71. The zero-order chi connectivity index (χ0) is 22.7. The van der Waals surface area contributed by atoms with Crippen LogP contribution in [-0.4, -0.2) is 19.0 Å². The maximum Gasteiger partial charge on any atom is 0.363 e. The number of benzene rings is 3. The Hall–Kier alpha value is -3.20. The van der Waals surface area contributed by atoms with Crippen LogP contribution in [0.2, 0.25) is 0 Å². The van der Waals surface area contributed by atoms with Gasteiger partial charge in [-0.2, -0.15) is 0 Å². The van der Waals surface area contributed by atoms with E-state index < -0.39 is 5.97 Å². The van der Waals surface area contributed by atoms with E-state index in [1.807, 2.05) is 37.3 Å². The van der Waals surface area contributed by atoms with Gasteiger partial charge in [0.15, 0.2) is 17.2 Å². The number of ether oxygens (including phenoxy) is 3. The van der Waals surface area contributed by atoms with Crippen LogP contribution in [0, 0.1) is 16.3 Å². The number of carbonyl (C=O) groups is 1. The molecule has 0 aromatic heterocycles. The lowest BCUT2D eigenvalue weighted by Crippen LogP contribution is -2.05. The third kappa shape index (κ3) is 4.99. The molecule has 0 saturated heterocycles. The summed E-state index contributed by atoms with van der Waals surface area (Å²) in [5.74, 6) is 0.485. The van der Waals surface area contributed by atoms with Gasteiger partial charge in [0.25, 0.3) is 0 Å². The maximum absolute atomic E-state index is 13.4. The first-order valence-corrected chi connectivity index (χ1v) is 10.8. The van der Waals surface area contributed by atoms with Crippen molar-refractivity contribution < 1.29 is 23.4 Å². The van der Waals surface area contributed by atoms with E-state index in [1.165, 1.54) is 19.2 Å². The second-order valence-corrected chi connectivity index (χ2v) is 8.32. The highest BCUT2D eigenvalue weighted by molar-refractivity contribution is 14.1. The number of rotatable bonds is 6. The van der Waals surface area contributed by atoms with E-state index in [0.29, 0.717) is 22.6 Å². The Bertz CT molecular complexity index is 1250. The summed E-state index contributed by atoms with van der Waals surface area (Å²) in [4.78, 5) is 16.7. The molecule has 0 N–H and O–H groups in total. The fourth-order valence-corrected chi connectivity index (χ4v) is 4.00. The molecular weight excluding hydrogens is 524 g/mol. The van der Waals surface area contributed by atoms with Crippen LogP contribution in [-0.2, 0) is 16.1 Å². The van der Waals surface area contributed by atoms with Gasteiger partial charge in [0.1, 0.15) is 12.4 Å². The van der Waals surface area contributed by atoms with Crippen molar-refractivity contribution in [3.63, 3.8) is 0 Å². The third-order valence-corrected chi connectivity index (χ3v) is 5.51. The minimum atomic E-state index is -0.512. The number of methoxy groups -OCH3 is 1. The number of aliphatic imine (C=N–C) groups is 1. The Balaban J connectivity index is 1.59. The molecule has 1 heterocycles. The quantitative estimate of drug-likeness (QED) is 0.229. The van der Waals surface area contributed by atoms with E-state index in [9.17, 15) is 9.18 Å². The van der Waals surface area contributed by atoms with Gasteiger partial charge < -0.3 is 14.2 Å². The molecule has 5 nitrogen and oxygen atoms in total. The maximum atomic E-state index is 13.4. The van der Waals surface area contributed by atoms with Crippen LogP contribution in [0.15, 0.2) is 71.4 Å². The highest BCUT2D eigenvalue weighted by Crippen LogP contribution is 2.35. The molecule has 162 valence electrons. The van der Waals surface area contributed by atoms with Gasteiger partial charge in [0.2, 0.25) is 5.90 Å². The first-order chi connectivity index (χ1) is 15.4. The standard InChI is InChI=1S/C25H19FINO4/c1-15-5-3-7-18(9-15)24-28-21(25(29)32-24)12-17-11-20(27)23(22(13-17)30-2)31-14-16-6-4-8-19(26)10-16/h3-13H,14H2,1-2H3/b21-12-.